The first-order valence-electron chi connectivity index (χ1n) is 3.62. The van der Waals surface area contributed by atoms with Gasteiger partial charge in [-0.3, -0.25) is 0 Å². The average molecular weight is 203 g/mol. The monoisotopic (exact) mass is 202 g/mol. The van der Waals surface area contributed by atoms with E-state index in [9.17, 15) is 4.79 Å². The van der Waals surface area contributed by atoms with Gasteiger partial charge in [-0.2, -0.15) is 0 Å². The van der Waals surface area contributed by atoms with Gasteiger partial charge in [-0.25, -0.2) is 0 Å². The Morgan fingerprint density at radius 3 is 2.80 bits per heavy atom. The number of allylic oxidation sites excluding steroid dienone is 2. The largest absolute Gasteiger partial charge is 0.303 e. The Kier molecular flexibility index (Phi) is 2.66. The molecule has 0 N–H and O–H groups in total. The molecule has 0 saturated carbocycles. The second-order valence-corrected chi connectivity index (χ2v) is 3.44. The van der Waals surface area contributed by atoms with Gasteiger partial charge >= 0.3 is 0 Å². The fourth-order valence-electron chi connectivity index (χ4n) is 1.31. The Bertz CT molecular complexity index is 172. The first kappa shape index (κ1) is 7.99. The van der Waals surface area contributed by atoms with E-state index in [1.54, 1.807) is 0 Å². The molecular formula is C8H11BrO. The first-order chi connectivity index (χ1) is 4.79. The third-order valence-electron chi connectivity index (χ3n) is 2.01. The third-order valence-corrected chi connectivity index (χ3v) is 3.16. The Morgan fingerprint density at radius 2 is 2.50 bits per heavy atom. The molecule has 0 aromatic rings. The van der Waals surface area contributed by atoms with Crippen molar-refractivity contribution in [2.75, 3.05) is 0 Å². The van der Waals surface area contributed by atoms with Gasteiger partial charge in [0.25, 0.3) is 0 Å². The maximum Gasteiger partial charge on any atom is 0.127 e. The van der Waals surface area contributed by atoms with E-state index in [4.69, 9.17) is 0 Å². The normalized spacial score (nSPS) is 25.6. The molecule has 56 valence electrons. The van der Waals surface area contributed by atoms with Crippen molar-refractivity contribution >= 4 is 22.2 Å². The molecule has 0 saturated heterocycles. The summed E-state index contributed by atoms with van der Waals surface area (Å²) in [7, 11) is 0. The lowest BCUT2D eigenvalue weighted by Gasteiger charge is -1.98. The third kappa shape index (κ3) is 1.31. The molecule has 1 nitrogen and oxygen atoms in total. The van der Waals surface area contributed by atoms with Crippen molar-refractivity contribution < 1.29 is 4.79 Å². The first-order valence-corrected chi connectivity index (χ1v) is 4.41. The lowest BCUT2D eigenvalue weighted by molar-refractivity contribution is -0.109. The van der Waals surface area contributed by atoms with Crippen LogP contribution in [0.4, 0.5) is 0 Å². The van der Waals surface area contributed by atoms with Crippen LogP contribution >= 0.6 is 15.9 Å². The van der Waals surface area contributed by atoms with Gasteiger partial charge in [0.1, 0.15) is 6.29 Å². The van der Waals surface area contributed by atoms with E-state index in [2.05, 4.69) is 22.9 Å². The zero-order valence-corrected chi connectivity index (χ0v) is 7.65. The van der Waals surface area contributed by atoms with Crippen LogP contribution in [0.5, 0.6) is 0 Å². The van der Waals surface area contributed by atoms with E-state index in [1.807, 2.05) is 0 Å². The lowest BCUT2D eigenvalue weighted by Crippen LogP contribution is -1.94. The summed E-state index contributed by atoms with van der Waals surface area (Å²) in [6.07, 6.45) is 4.21. The molecule has 10 heavy (non-hydrogen) atoms. The van der Waals surface area contributed by atoms with Gasteiger partial charge in [-0.1, -0.05) is 28.4 Å². The number of hydrogen-bond acceptors (Lipinski definition) is 1. The van der Waals surface area contributed by atoms with Crippen molar-refractivity contribution in [3.63, 3.8) is 0 Å². The van der Waals surface area contributed by atoms with E-state index < -0.39 is 0 Å². The number of rotatable bonds is 2. The van der Waals surface area contributed by atoms with Crippen molar-refractivity contribution in [1.29, 1.82) is 0 Å². The van der Waals surface area contributed by atoms with Gasteiger partial charge in [-0.15, -0.1) is 0 Å². The molecule has 1 aliphatic carbocycles. The summed E-state index contributed by atoms with van der Waals surface area (Å²) in [6.45, 7) is 2.13. The molecule has 0 aliphatic heterocycles. The molecule has 0 aromatic heterocycles. The van der Waals surface area contributed by atoms with Crippen LogP contribution in [-0.4, -0.2) is 6.29 Å². The van der Waals surface area contributed by atoms with Crippen LogP contribution in [0.2, 0.25) is 0 Å². The fourth-order valence-corrected chi connectivity index (χ4v) is 2.13. The number of halogens is 1. The maximum absolute atomic E-state index is 10.4. The van der Waals surface area contributed by atoms with E-state index in [0.717, 1.165) is 30.0 Å². The van der Waals surface area contributed by atoms with Crippen LogP contribution in [0.15, 0.2) is 10.1 Å². The van der Waals surface area contributed by atoms with Crippen LogP contribution < -0.4 is 0 Å². The van der Waals surface area contributed by atoms with E-state index in [1.165, 1.54) is 5.57 Å². The molecule has 0 amide bonds. The smallest absolute Gasteiger partial charge is 0.127 e. The molecule has 1 rings (SSSR count). The van der Waals surface area contributed by atoms with Crippen LogP contribution in [-0.2, 0) is 4.79 Å². The highest BCUT2D eigenvalue weighted by molar-refractivity contribution is 9.11. The molecular weight excluding hydrogens is 192 g/mol. The number of hydrogen-bond donors (Lipinski definition) is 0. The van der Waals surface area contributed by atoms with Gasteiger partial charge in [0.05, 0.1) is 0 Å². The molecule has 0 spiro atoms. The van der Waals surface area contributed by atoms with Crippen molar-refractivity contribution in [3.05, 3.63) is 10.1 Å². The van der Waals surface area contributed by atoms with Gasteiger partial charge in [0.15, 0.2) is 0 Å². The van der Waals surface area contributed by atoms with Crippen LogP contribution in [0.25, 0.3) is 0 Å². The van der Waals surface area contributed by atoms with E-state index in [-0.39, 0.29) is 5.92 Å². The Hall–Kier alpha value is -0.110. The zero-order valence-electron chi connectivity index (χ0n) is 6.06. The second kappa shape index (κ2) is 3.33. The molecule has 0 fully saturated rings. The molecule has 0 aromatic carbocycles. The number of aldehydes is 1. The topological polar surface area (TPSA) is 17.1 Å². The molecule has 0 heterocycles. The predicted molar refractivity (Wildman–Crippen MR) is 45.0 cm³/mol. The van der Waals surface area contributed by atoms with Gasteiger partial charge < -0.3 is 4.79 Å². The SMILES string of the molecule is CCC1=C(Br)C(C=O)CC1. The average Bonchev–Trinajstić information content (AvgIpc) is 2.30. The summed E-state index contributed by atoms with van der Waals surface area (Å²) in [5.41, 5.74) is 1.41. The minimum atomic E-state index is 0.162. The summed E-state index contributed by atoms with van der Waals surface area (Å²) in [5.74, 6) is 0.162. The highest BCUT2D eigenvalue weighted by Crippen LogP contribution is 2.36. The zero-order chi connectivity index (χ0) is 7.56. The minimum absolute atomic E-state index is 0.162. The molecule has 1 aliphatic rings. The summed E-state index contributed by atoms with van der Waals surface area (Å²) in [5, 5.41) is 0. The quantitative estimate of drug-likeness (QED) is 0.630. The number of carbonyl (C=O) groups excluding carboxylic acids is 1. The van der Waals surface area contributed by atoms with Crippen LogP contribution in [0.3, 0.4) is 0 Å². The summed E-state index contributed by atoms with van der Waals surface area (Å²) < 4.78 is 1.14. The summed E-state index contributed by atoms with van der Waals surface area (Å²) in [4.78, 5) is 10.4. The Balaban J connectivity index is 2.72. The van der Waals surface area contributed by atoms with Crippen molar-refractivity contribution in [2.45, 2.75) is 26.2 Å². The molecule has 0 radical (unpaired) electrons. The second-order valence-electron chi connectivity index (χ2n) is 2.59. The fraction of sp³-hybridized carbons (Fsp3) is 0.625. The molecule has 0 bridgehead atoms. The Labute approximate surface area is 69.6 Å². The van der Waals surface area contributed by atoms with Gasteiger partial charge in [0.2, 0.25) is 0 Å². The summed E-state index contributed by atoms with van der Waals surface area (Å²) >= 11 is 3.44. The maximum atomic E-state index is 10.4. The minimum Gasteiger partial charge on any atom is -0.303 e. The van der Waals surface area contributed by atoms with E-state index in [0.29, 0.717) is 0 Å². The highest BCUT2D eigenvalue weighted by Gasteiger charge is 2.21. The van der Waals surface area contributed by atoms with Crippen LogP contribution in [0.1, 0.15) is 26.2 Å². The van der Waals surface area contributed by atoms with Gasteiger partial charge in [0, 0.05) is 10.4 Å². The predicted octanol–water partition coefficient (Wildman–Crippen LogP) is 2.65. The van der Waals surface area contributed by atoms with Gasteiger partial charge in [-0.05, 0) is 19.3 Å². The molecule has 1 atom stereocenters. The Morgan fingerprint density at radius 1 is 1.80 bits per heavy atom. The van der Waals surface area contributed by atoms with Crippen molar-refractivity contribution in [2.24, 2.45) is 5.92 Å². The van der Waals surface area contributed by atoms with Crippen molar-refractivity contribution in [3.8, 4) is 0 Å². The highest BCUT2D eigenvalue weighted by atomic mass is 79.9. The molecule has 2 heteroatoms. The lowest BCUT2D eigenvalue weighted by atomic mass is 10.1. The summed E-state index contributed by atoms with van der Waals surface area (Å²) in [6, 6.07) is 0. The van der Waals surface area contributed by atoms with Crippen LogP contribution in [0, 0.1) is 5.92 Å². The standard InChI is InChI=1S/C8H11BrO/c1-2-6-3-4-7(5-10)8(6)9/h5,7H,2-4H2,1H3. The van der Waals surface area contributed by atoms with E-state index >= 15 is 0 Å². The number of carbonyl (C=O) groups is 1. The van der Waals surface area contributed by atoms with Crippen molar-refractivity contribution in [1.82, 2.24) is 0 Å². The molecule has 1 unspecified atom stereocenters.